The molecule has 1 amide bonds. The molecule has 1 fully saturated rings. The molecule has 0 saturated carbocycles. The number of nitrogens with one attached hydrogen (secondary N) is 2. The van der Waals surface area contributed by atoms with E-state index in [0.717, 1.165) is 19.5 Å². The molecule has 0 unspecified atom stereocenters. The minimum absolute atomic E-state index is 0.0309. The maximum absolute atomic E-state index is 11.7. The van der Waals surface area contributed by atoms with Crippen LogP contribution in [0.2, 0.25) is 5.02 Å². The number of carbonyl (C=O) groups is 1. The van der Waals surface area contributed by atoms with Crippen molar-refractivity contribution >= 4 is 23.3 Å². The summed E-state index contributed by atoms with van der Waals surface area (Å²) >= 11 is 5.73. The summed E-state index contributed by atoms with van der Waals surface area (Å²) in [4.78, 5) is 15.8. The van der Waals surface area contributed by atoms with Crippen LogP contribution in [0.4, 0.5) is 5.82 Å². The number of anilines is 1. The van der Waals surface area contributed by atoms with E-state index in [0.29, 0.717) is 23.2 Å². The maximum atomic E-state index is 11.7. The third-order valence-electron chi connectivity index (χ3n) is 3.23. The van der Waals surface area contributed by atoms with Crippen LogP contribution in [0.1, 0.15) is 25.7 Å². The van der Waals surface area contributed by atoms with E-state index in [2.05, 4.69) is 15.6 Å². The zero-order chi connectivity index (χ0) is 12.8. The number of piperidine rings is 1. The van der Waals surface area contributed by atoms with E-state index in [-0.39, 0.29) is 5.91 Å². The van der Waals surface area contributed by atoms with Crippen molar-refractivity contribution in [3.05, 3.63) is 23.4 Å². The summed E-state index contributed by atoms with van der Waals surface area (Å²) in [5, 5.41) is 6.68. The fourth-order valence-corrected chi connectivity index (χ4v) is 2.27. The fraction of sp³-hybridized carbons (Fsp3) is 0.538. The molecule has 1 aliphatic heterocycles. The van der Waals surface area contributed by atoms with Gasteiger partial charge in [0.1, 0.15) is 5.82 Å². The van der Waals surface area contributed by atoms with Gasteiger partial charge in [-0.25, -0.2) is 4.98 Å². The third-order valence-corrected chi connectivity index (χ3v) is 3.46. The van der Waals surface area contributed by atoms with Crippen molar-refractivity contribution < 1.29 is 4.79 Å². The molecular formula is C13H18ClN3O. The Balaban J connectivity index is 1.73. The smallest absolute Gasteiger partial charge is 0.225 e. The predicted octanol–water partition coefficient (Wildman–Crippen LogP) is 2.45. The average Bonchev–Trinajstić information content (AvgIpc) is 2.40. The highest BCUT2D eigenvalue weighted by Crippen LogP contribution is 2.18. The van der Waals surface area contributed by atoms with E-state index < -0.39 is 0 Å². The quantitative estimate of drug-likeness (QED) is 0.881. The summed E-state index contributed by atoms with van der Waals surface area (Å²) in [5.41, 5.74) is 0. The van der Waals surface area contributed by atoms with E-state index in [1.165, 1.54) is 19.0 Å². The number of rotatable bonds is 4. The summed E-state index contributed by atoms with van der Waals surface area (Å²) in [6, 6.07) is 3.43. The van der Waals surface area contributed by atoms with Crippen LogP contribution in [-0.4, -0.2) is 24.0 Å². The van der Waals surface area contributed by atoms with Crippen molar-refractivity contribution in [2.24, 2.45) is 5.92 Å². The molecule has 0 atom stereocenters. The van der Waals surface area contributed by atoms with Gasteiger partial charge in [0, 0.05) is 12.6 Å². The summed E-state index contributed by atoms with van der Waals surface area (Å²) in [6.45, 7) is 2.15. The van der Waals surface area contributed by atoms with Crippen molar-refractivity contribution in [3.8, 4) is 0 Å². The van der Waals surface area contributed by atoms with Gasteiger partial charge in [-0.1, -0.05) is 11.6 Å². The van der Waals surface area contributed by atoms with E-state index in [9.17, 15) is 4.79 Å². The van der Waals surface area contributed by atoms with E-state index in [1.54, 1.807) is 12.1 Å². The van der Waals surface area contributed by atoms with Gasteiger partial charge in [-0.2, -0.15) is 0 Å². The second kappa shape index (κ2) is 6.71. The lowest BCUT2D eigenvalue weighted by Crippen LogP contribution is -2.28. The summed E-state index contributed by atoms with van der Waals surface area (Å²) in [7, 11) is 0. The first kappa shape index (κ1) is 13.3. The molecule has 0 aromatic carbocycles. The molecular weight excluding hydrogens is 250 g/mol. The molecule has 0 bridgehead atoms. The Morgan fingerprint density at radius 1 is 1.44 bits per heavy atom. The van der Waals surface area contributed by atoms with Crippen molar-refractivity contribution in [1.29, 1.82) is 0 Å². The van der Waals surface area contributed by atoms with Gasteiger partial charge in [0.2, 0.25) is 5.91 Å². The van der Waals surface area contributed by atoms with Gasteiger partial charge >= 0.3 is 0 Å². The molecule has 4 nitrogen and oxygen atoms in total. The Hall–Kier alpha value is -1.13. The molecule has 1 saturated heterocycles. The van der Waals surface area contributed by atoms with Crippen LogP contribution < -0.4 is 10.6 Å². The minimum atomic E-state index is 0.0309. The summed E-state index contributed by atoms with van der Waals surface area (Å²) in [5.74, 6) is 1.27. The number of amides is 1. The second-order valence-electron chi connectivity index (χ2n) is 4.64. The van der Waals surface area contributed by atoms with Crippen LogP contribution in [-0.2, 0) is 4.79 Å². The van der Waals surface area contributed by atoms with Crippen LogP contribution in [0, 0.1) is 5.92 Å². The van der Waals surface area contributed by atoms with Crippen LogP contribution in [0.15, 0.2) is 18.3 Å². The van der Waals surface area contributed by atoms with E-state index in [1.807, 2.05) is 0 Å². The SMILES string of the molecule is O=C(CCC1CCNCC1)Nc1ccc(Cl)cn1. The Bertz CT molecular complexity index is 388. The molecule has 0 spiro atoms. The molecule has 5 heteroatoms. The van der Waals surface area contributed by atoms with Gasteiger partial charge in [-0.05, 0) is 50.4 Å². The van der Waals surface area contributed by atoms with Gasteiger partial charge in [0.25, 0.3) is 0 Å². The molecule has 18 heavy (non-hydrogen) atoms. The third kappa shape index (κ3) is 4.27. The van der Waals surface area contributed by atoms with Crippen LogP contribution >= 0.6 is 11.6 Å². The van der Waals surface area contributed by atoms with Gasteiger partial charge in [-0.15, -0.1) is 0 Å². The Morgan fingerprint density at radius 2 is 2.22 bits per heavy atom. The van der Waals surface area contributed by atoms with Crippen molar-refractivity contribution in [2.45, 2.75) is 25.7 Å². The zero-order valence-electron chi connectivity index (χ0n) is 10.3. The number of aromatic nitrogens is 1. The first-order valence-electron chi connectivity index (χ1n) is 6.36. The normalized spacial score (nSPS) is 16.5. The highest BCUT2D eigenvalue weighted by molar-refractivity contribution is 6.30. The number of hydrogen-bond donors (Lipinski definition) is 2. The lowest BCUT2D eigenvalue weighted by atomic mass is 9.93. The second-order valence-corrected chi connectivity index (χ2v) is 5.08. The average molecular weight is 268 g/mol. The zero-order valence-corrected chi connectivity index (χ0v) is 11.0. The number of halogens is 1. The molecule has 2 N–H and O–H groups in total. The lowest BCUT2D eigenvalue weighted by molar-refractivity contribution is -0.116. The van der Waals surface area contributed by atoms with Crippen molar-refractivity contribution in [1.82, 2.24) is 10.3 Å². The number of carbonyl (C=O) groups excluding carboxylic acids is 1. The molecule has 1 aromatic rings. The minimum Gasteiger partial charge on any atom is -0.317 e. The molecule has 2 heterocycles. The molecule has 0 radical (unpaired) electrons. The standard InChI is InChI=1S/C13H18ClN3O/c14-11-2-3-12(16-9-11)17-13(18)4-1-10-5-7-15-8-6-10/h2-3,9-10,15H,1,4-8H2,(H,16,17,18). The van der Waals surface area contributed by atoms with Gasteiger partial charge in [-0.3, -0.25) is 4.79 Å². The van der Waals surface area contributed by atoms with Crippen LogP contribution in [0.3, 0.4) is 0 Å². The topological polar surface area (TPSA) is 54.0 Å². The van der Waals surface area contributed by atoms with Crippen LogP contribution in [0.25, 0.3) is 0 Å². The van der Waals surface area contributed by atoms with Gasteiger partial charge in [0.15, 0.2) is 0 Å². The summed E-state index contributed by atoms with van der Waals surface area (Å²) in [6.07, 6.45) is 5.40. The molecule has 98 valence electrons. The fourth-order valence-electron chi connectivity index (χ4n) is 2.16. The lowest BCUT2D eigenvalue weighted by Gasteiger charge is -2.22. The van der Waals surface area contributed by atoms with Crippen LogP contribution in [0.5, 0.6) is 0 Å². The highest BCUT2D eigenvalue weighted by Gasteiger charge is 2.14. The number of pyridine rings is 1. The van der Waals surface area contributed by atoms with Crippen molar-refractivity contribution in [3.63, 3.8) is 0 Å². The summed E-state index contributed by atoms with van der Waals surface area (Å²) < 4.78 is 0. The Labute approximate surface area is 112 Å². The Kier molecular flexibility index (Phi) is 4.96. The largest absolute Gasteiger partial charge is 0.317 e. The van der Waals surface area contributed by atoms with Gasteiger partial charge in [0.05, 0.1) is 5.02 Å². The first-order chi connectivity index (χ1) is 8.74. The predicted molar refractivity (Wildman–Crippen MR) is 72.7 cm³/mol. The van der Waals surface area contributed by atoms with Gasteiger partial charge < -0.3 is 10.6 Å². The van der Waals surface area contributed by atoms with Crippen molar-refractivity contribution in [2.75, 3.05) is 18.4 Å². The molecule has 1 aromatic heterocycles. The van der Waals surface area contributed by atoms with E-state index in [4.69, 9.17) is 11.6 Å². The monoisotopic (exact) mass is 267 g/mol. The van der Waals surface area contributed by atoms with E-state index >= 15 is 0 Å². The molecule has 1 aliphatic rings. The number of nitrogens with zero attached hydrogens (tertiary/aromatic N) is 1. The first-order valence-corrected chi connectivity index (χ1v) is 6.74. The number of hydrogen-bond acceptors (Lipinski definition) is 3. The Morgan fingerprint density at radius 3 is 2.89 bits per heavy atom. The molecule has 2 rings (SSSR count). The maximum Gasteiger partial charge on any atom is 0.225 e. The molecule has 0 aliphatic carbocycles. The highest BCUT2D eigenvalue weighted by atomic mass is 35.5.